The lowest BCUT2D eigenvalue weighted by Crippen LogP contribution is -1.84. The Hall–Kier alpha value is -1.64. The third-order valence-corrected chi connectivity index (χ3v) is 0.580. The molecule has 0 fully saturated rings. The molecule has 1 heterocycles. The van der Waals surface area contributed by atoms with Crippen molar-refractivity contribution >= 4 is 11.9 Å². The molecule has 0 aliphatic carbocycles. The number of H-pyrrole nitrogens is 1. The van der Waals surface area contributed by atoms with Crippen molar-refractivity contribution in [1.29, 1.82) is 5.39 Å². The van der Waals surface area contributed by atoms with Gasteiger partial charge in [-0.15, -0.1) is 0 Å². The molecule has 0 atom stereocenters. The molecule has 6 nitrogen and oxygen atoms in total. The molecule has 0 bridgehead atoms. The van der Waals surface area contributed by atoms with E-state index in [4.69, 9.17) is 11.1 Å². The molecule has 0 unspecified atom stereocenters. The summed E-state index contributed by atoms with van der Waals surface area (Å²) in [5.74, 6) is 0.0836. The van der Waals surface area contributed by atoms with E-state index in [9.17, 15) is 0 Å². The van der Waals surface area contributed by atoms with Gasteiger partial charge in [0.05, 0.1) is 5.39 Å². The molecule has 8 heavy (non-hydrogen) atoms. The Kier molecular flexibility index (Phi) is 0.823. The van der Waals surface area contributed by atoms with Gasteiger partial charge < -0.3 is 5.73 Å². The van der Waals surface area contributed by atoms with Gasteiger partial charge in [-0.2, -0.15) is 5.10 Å². The van der Waals surface area contributed by atoms with E-state index >= 15 is 0 Å². The second kappa shape index (κ2) is 1.46. The average Bonchev–Trinajstić information content (AvgIpc) is 2.14. The lowest BCUT2D eigenvalue weighted by Gasteiger charge is -1.59. The molecule has 0 saturated heterocycles. The zero-order valence-electron chi connectivity index (χ0n) is 3.87. The van der Waals surface area contributed by atoms with E-state index in [0.717, 1.165) is 0 Å². The molecule has 0 saturated carbocycles. The molecule has 0 aliphatic heterocycles. The summed E-state index contributed by atoms with van der Waals surface area (Å²) >= 11 is 0. The fourth-order valence-corrected chi connectivity index (χ4v) is 0.310. The molecular formula is C2H3N6+. The van der Waals surface area contributed by atoms with E-state index in [1.54, 1.807) is 0 Å². The highest BCUT2D eigenvalue weighted by Crippen LogP contribution is 2.00. The van der Waals surface area contributed by atoms with Crippen LogP contribution in [0.1, 0.15) is 0 Å². The van der Waals surface area contributed by atoms with Crippen molar-refractivity contribution < 1.29 is 0 Å². The van der Waals surface area contributed by atoms with Gasteiger partial charge in [0.2, 0.25) is 0 Å². The average molecular weight is 111 g/mol. The number of anilines is 1. The highest BCUT2D eigenvalue weighted by Gasteiger charge is 2.10. The van der Waals surface area contributed by atoms with Crippen LogP contribution in [0.5, 0.6) is 0 Å². The van der Waals surface area contributed by atoms with Crippen molar-refractivity contribution in [3.05, 3.63) is 4.98 Å². The Bertz CT molecular complexity index is 217. The second-order valence-electron chi connectivity index (χ2n) is 1.12. The number of nitrogens with zero attached hydrogens (tertiary/aromatic N) is 4. The van der Waals surface area contributed by atoms with Gasteiger partial charge in [0.15, 0.2) is 0 Å². The number of aromatic nitrogens is 3. The fourth-order valence-electron chi connectivity index (χ4n) is 0.310. The van der Waals surface area contributed by atoms with Gasteiger partial charge in [0.25, 0.3) is 0 Å². The Labute approximate surface area is 44.3 Å². The minimum atomic E-state index is -0.0532. The quantitative estimate of drug-likeness (QED) is 0.456. The Morgan fingerprint density at radius 1 is 1.75 bits per heavy atom. The largest absolute Gasteiger partial charge is 0.585 e. The molecule has 6 heteroatoms. The summed E-state index contributed by atoms with van der Waals surface area (Å²) in [6.07, 6.45) is 0. The molecule has 1 aromatic rings. The van der Waals surface area contributed by atoms with Crippen LogP contribution in [0.15, 0.2) is 0 Å². The molecule has 3 N–H and O–H groups in total. The van der Waals surface area contributed by atoms with Crippen molar-refractivity contribution in [3.63, 3.8) is 0 Å². The number of diazo groups is 1. The first-order valence-electron chi connectivity index (χ1n) is 1.86. The minimum Gasteiger partial charge on any atom is -0.353 e. The number of aromatic amines is 1. The summed E-state index contributed by atoms with van der Waals surface area (Å²) in [4.78, 5) is 6.08. The highest BCUT2D eigenvalue weighted by molar-refractivity contribution is 5.28. The van der Waals surface area contributed by atoms with Crippen LogP contribution in [0, 0.1) is 5.39 Å². The molecule has 1 rings (SSSR count). The van der Waals surface area contributed by atoms with Crippen LogP contribution >= 0.6 is 0 Å². The van der Waals surface area contributed by atoms with E-state index < -0.39 is 0 Å². The normalized spacial score (nSPS) is 8.38. The number of hydrogen-bond donors (Lipinski definition) is 2. The summed E-state index contributed by atoms with van der Waals surface area (Å²) in [5.41, 5.74) is 5.05. The van der Waals surface area contributed by atoms with Gasteiger partial charge in [-0.1, -0.05) is 0 Å². The van der Waals surface area contributed by atoms with Crippen LogP contribution in [-0.4, -0.2) is 15.2 Å². The van der Waals surface area contributed by atoms with Gasteiger partial charge in [-0.3, -0.25) is 0 Å². The van der Waals surface area contributed by atoms with Crippen LogP contribution in [0.2, 0.25) is 0 Å². The third kappa shape index (κ3) is 0.562. The van der Waals surface area contributed by atoms with E-state index in [1.807, 2.05) is 0 Å². The SMILES string of the molecule is N#[N+]c1n[nH]c(N)n1. The van der Waals surface area contributed by atoms with Crippen molar-refractivity contribution in [3.8, 4) is 0 Å². The lowest BCUT2D eigenvalue weighted by atomic mass is 11.0. The molecular weight excluding hydrogens is 108 g/mol. The van der Waals surface area contributed by atoms with Crippen molar-refractivity contribution in [2.24, 2.45) is 0 Å². The molecule has 0 spiro atoms. The van der Waals surface area contributed by atoms with Crippen LogP contribution < -0.4 is 5.73 Å². The fraction of sp³-hybridized carbons (Fsp3) is 0. The van der Waals surface area contributed by atoms with Crippen LogP contribution in [0.3, 0.4) is 0 Å². The van der Waals surface area contributed by atoms with Crippen molar-refractivity contribution in [1.82, 2.24) is 15.2 Å². The standard InChI is InChI=1S/C2H2N6/c3-1-5-2(6-4)8-7-1/h3-4H/p+1. The number of nitrogens with two attached hydrogens (primary N) is 1. The maximum Gasteiger partial charge on any atom is 0.585 e. The van der Waals surface area contributed by atoms with Gasteiger partial charge >= 0.3 is 11.9 Å². The van der Waals surface area contributed by atoms with E-state index in [-0.39, 0.29) is 11.9 Å². The Morgan fingerprint density at radius 3 is 2.75 bits per heavy atom. The zero-order chi connectivity index (χ0) is 5.98. The molecule has 40 valence electrons. The monoisotopic (exact) mass is 111 g/mol. The molecule has 0 aliphatic rings. The smallest absolute Gasteiger partial charge is 0.353 e. The van der Waals surface area contributed by atoms with Gasteiger partial charge in [-0.25, -0.2) is 0 Å². The van der Waals surface area contributed by atoms with Gasteiger partial charge in [0, 0.05) is 5.10 Å². The first-order chi connectivity index (χ1) is 3.83. The molecule has 0 amide bonds. The summed E-state index contributed by atoms with van der Waals surface area (Å²) in [6.45, 7) is 0. The summed E-state index contributed by atoms with van der Waals surface area (Å²) in [5, 5.41) is 13.6. The predicted molar refractivity (Wildman–Crippen MR) is 25.5 cm³/mol. The maximum absolute atomic E-state index is 7.98. The van der Waals surface area contributed by atoms with E-state index in [0.29, 0.717) is 0 Å². The predicted octanol–water partition coefficient (Wildman–Crippen LogP) is -0.129. The van der Waals surface area contributed by atoms with Gasteiger partial charge in [0.1, 0.15) is 0 Å². The lowest BCUT2D eigenvalue weighted by molar-refractivity contribution is 1.11. The highest BCUT2D eigenvalue weighted by atomic mass is 15.3. The molecule has 0 aromatic carbocycles. The minimum absolute atomic E-state index is 0.0532. The van der Waals surface area contributed by atoms with Crippen LogP contribution in [0.4, 0.5) is 11.9 Å². The first kappa shape index (κ1) is 4.52. The molecule has 0 radical (unpaired) electrons. The number of rotatable bonds is 0. The van der Waals surface area contributed by atoms with E-state index in [1.165, 1.54) is 0 Å². The first-order valence-corrected chi connectivity index (χ1v) is 1.86. The van der Waals surface area contributed by atoms with Crippen molar-refractivity contribution in [2.75, 3.05) is 5.73 Å². The number of nitrogen functional groups attached to an aromatic ring is 1. The summed E-state index contributed by atoms with van der Waals surface area (Å²) < 4.78 is 0. The van der Waals surface area contributed by atoms with E-state index in [2.05, 4.69) is 20.2 Å². The number of nitrogens with one attached hydrogen (secondary N) is 1. The number of hydrogen-bond acceptors (Lipinski definition) is 4. The van der Waals surface area contributed by atoms with Crippen LogP contribution in [-0.2, 0) is 0 Å². The Morgan fingerprint density at radius 2 is 2.50 bits per heavy atom. The maximum atomic E-state index is 7.98. The van der Waals surface area contributed by atoms with Gasteiger partial charge in [-0.05, 0) is 9.96 Å². The molecule has 1 aromatic heterocycles. The summed E-state index contributed by atoms with van der Waals surface area (Å²) in [7, 11) is 0. The third-order valence-electron chi connectivity index (χ3n) is 0.580. The van der Waals surface area contributed by atoms with Crippen molar-refractivity contribution in [2.45, 2.75) is 0 Å². The Balaban J connectivity index is 3.05. The van der Waals surface area contributed by atoms with Crippen LogP contribution in [0.25, 0.3) is 4.98 Å². The topological polar surface area (TPSA) is 95.7 Å². The zero-order valence-corrected chi connectivity index (χ0v) is 3.87. The second-order valence-corrected chi connectivity index (χ2v) is 1.12. The summed E-state index contributed by atoms with van der Waals surface area (Å²) in [6, 6.07) is 0.